The van der Waals surface area contributed by atoms with Crippen molar-refractivity contribution in [1.82, 2.24) is 16.0 Å². The van der Waals surface area contributed by atoms with Gasteiger partial charge in [-0.1, -0.05) is 47.6 Å². The minimum absolute atomic E-state index is 0.0287. The van der Waals surface area contributed by atoms with Gasteiger partial charge in [-0.2, -0.15) is 0 Å². The zero-order chi connectivity index (χ0) is 19.8. The highest BCUT2D eigenvalue weighted by atomic mass is 16.3. The third-order valence-electron chi connectivity index (χ3n) is 4.03. The number of aliphatic hydroxyl groups excluding tert-OH is 1. The lowest BCUT2D eigenvalue weighted by molar-refractivity contribution is -0.132. The van der Waals surface area contributed by atoms with E-state index in [4.69, 9.17) is 5.73 Å². The van der Waals surface area contributed by atoms with Crippen molar-refractivity contribution in [3.8, 4) is 0 Å². The molecule has 7 heteroatoms. The topological polar surface area (TPSA) is 116 Å². The fourth-order valence-electron chi connectivity index (χ4n) is 2.26. The summed E-state index contributed by atoms with van der Waals surface area (Å²) in [6.07, 6.45) is 0.793. The molecule has 0 fully saturated rings. The van der Waals surface area contributed by atoms with Crippen molar-refractivity contribution in [2.45, 2.75) is 65.8 Å². The first-order chi connectivity index (χ1) is 11.4. The first kappa shape index (κ1) is 23.6. The number of hydrogen-bond acceptors (Lipinski definition) is 5. The molecule has 146 valence electrons. The number of aliphatic hydroxyl groups is 1. The van der Waals surface area contributed by atoms with Crippen LogP contribution in [0.1, 0.15) is 41.5 Å². The monoisotopic (exact) mass is 356 g/mol. The lowest BCUT2D eigenvalue weighted by Gasteiger charge is -2.32. The maximum Gasteiger partial charge on any atom is 0.243 e. The van der Waals surface area contributed by atoms with Crippen molar-refractivity contribution in [2.24, 2.45) is 17.1 Å². The van der Waals surface area contributed by atoms with E-state index in [-0.39, 0.29) is 30.3 Å². The van der Waals surface area contributed by atoms with Crippen molar-refractivity contribution in [3.05, 3.63) is 12.7 Å². The average Bonchev–Trinajstić information content (AvgIpc) is 2.52. The molecule has 0 aliphatic carbocycles. The Labute approximate surface area is 151 Å². The minimum Gasteiger partial charge on any atom is -0.389 e. The van der Waals surface area contributed by atoms with Gasteiger partial charge >= 0.3 is 0 Å². The van der Waals surface area contributed by atoms with E-state index in [0.29, 0.717) is 6.54 Å². The second-order valence-electron chi connectivity index (χ2n) is 7.71. The minimum atomic E-state index is -0.810. The second-order valence-corrected chi connectivity index (χ2v) is 7.71. The summed E-state index contributed by atoms with van der Waals surface area (Å²) in [6, 6.07) is -1.75. The number of carbonyl (C=O) groups is 2. The third-order valence-corrected chi connectivity index (χ3v) is 4.03. The van der Waals surface area contributed by atoms with Crippen LogP contribution in [0.25, 0.3) is 0 Å². The molecule has 0 aliphatic rings. The number of likely N-dealkylation sites (N-methyl/N-ethyl adjacent to an activating group) is 1. The van der Waals surface area contributed by atoms with Gasteiger partial charge < -0.3 is 26.8 Å². The van der Waals surface area contributed by atoms with E-state index in [0.717, 1.165) is 0 Å². The van der Waals surface area contributed by atoms with Gasteiger partial charge in [0.15, 0.2) is 0 Å². The highest BCUT2D eigenvalue weighted by molar-refractivity contribution is 5.90. The molecule has 0 aromatic heterocycles. The van der Waals surface area contributed by atoms with Crippen LogP contribution in [0.5, 0.6) is 0 Å². The SMILES string of the molecule is C=C[C@@H](NCC)[C@@H](O)CNC(=O)[C@@H](NC(=O)[C@H](N)C(C)C)C(C)(C)C. The Balaban J connectivity index is 4.92. The molecule has 0 saturated carbocycles. The molecule has 0 aromatic rings. The summed E-state index contributed by atoms with van der Waals surface area (Å²) < 4.78 is 0. The Morgan fingerprint density at radius 2 is 1.80 bits per heavy atom. The van der Waals surface area contributed by atoms with Gasteiger partial charge in [0.2, 0.25) is 11.8 Å². The lowest BCUT2D eigenvalue weighted by atomic mass is 9.85. The molecule has 0 aromatic carbocycles. The molecule has 0 spiro atoms. The molecule has 4 atom stereocenters. The van der Waals surface area contributed by atoms with E-state index in [1.807, 2.05) is 41.5 Å². The van der Waals surface area contributed by atoms with Crippen LogP contribution in [-0.4, -0.2) is 54.2 Å². The Morgan fingerprint density at radius 1 is 1.24 bits per heavy atom. The van der Waals surface area contributed by atoms with E-state index in [9.17, 15) is 14.7 Å². The smallest absolute Gasteiger partial charge is 0.243 e. The summed E-state index contributed by atoms with van der Waals surface area (Å²) in [5, 5.41) is 18.7. The van der Waals surface area contributed by atoms with Crippen LogP contribution in [0.4, 0.5) is 0 Å². The molecular weight excluding hydrogens is 320 g/mol. The maximum atomic E-state index is 12.6. The predicted molar refractivity (Wildman–Crippen MR) is 101 cm³/mol. The van der Waals surface area contributed by atoms with Gasteiger partial charge in [-0.05, 0) is 17.9 Å². The zero-order valence-electron chi connectivity index (χ0n) is 16.4. The summed E-state index contributed by atoms with van der Waals surface area (Å²) in [4.78, 5) is 24.8. The molecule has 25 heavy (non-hydrogen) atoms. The zero-order valence-corrected chi connectivity index (χ0v) is 16.4. The number of hydrogen-bond donors (Lipinski definition) is 5. The molecule has 0 rings (SSSR count). The number of carbonyl (C=O) groups excluding carboxylic acids is 2. The van der Waals surface area contributed by atoms with Crippen molar-refractivity contribution in [2.75, 3.05) is 13.1 Å². The number of nitrogens with two attached hydrogens (primary N) is 1. The average molecular weight is 357 g/mol. The molecule has 7 nitrogen and oxygen atoms in total. The molecule has 2 amide bonds. The van der Waals surface area contributed by atoms with Gasteiger partial charge in [0.05, 0.1) is 18.2 Å². The summed E-state index contributed by atoms with van der Waals surface area (Å²) >= 11 is 0. The van der Waals surface area contributed by atoms with Gasteiger partial charge in [0.25, 0.3) is 0 Å². The van der Waals surface area contributed by atoms with Crippen molar-refractivity contribution >= 4 is 11.8 Å². The van der Waals surface area contributed by atoms with E-state index < -0.39 is 23.6 Å². The van der Waals surface area contributed by atoms with E-state index in [1.165, 1.54) is 0 Å². The molecule has 0 radical (unpaired) electrons. The normalized spacial score (nSPS) is 16.7. The molecular formula is C18H36N4O3. The van der Waals surface area contributed by atoms with Crippen LogP contribution in [0.2, 0.25) is 0 Å². The van der Waals surface area contributed by atoms with Crippen LogP contribution < -0.4 is 21.7 Å². The maximum absolute atomic E-state index is 12.6. The van der Waals surface area contributed by atoms with Crippen LogP contribution in [0, 0.1) is 11.3 Å². The van der Waals surface area contributed by atoms with Gasteiger partial charge in [0.1, 0.15) is 6.04 Å². The van der Waals surface area contributed by atoms with Crippen LogP contribution in [0.15, 0.2) is 12.7 Å². The first-order valence-electron chi connectivity index (χ1n) is 8.83. The van der Waals surface area contributed by atoms with E-state index in [2.05, 4.69) is 22.5 Å². The molecule has 0 aliphatic heterocycles. The van der Waals surface area contributed by atoms with Crippen molar-refractivity contribution in [3.63, 3.8) is 0 Å². The Hall–Kier alpha value is -1.44. The molecule has 0 bridgehead atoms. The summed E-state index contributed by atoms with van der Waals surface area (Å²) in [5.41, 5.74) is 5.36. The third kappa shape index (κ3) is 7.98. The van der Waals surface area contributed by atoms with Crippen molar-refractivity contribution in [1.29, 1.82) is 0 Å². The highest BCUT2D eigenvalue weighted by Gasteiger charge is 2.34. The van der Waals surface area contributed by atoms with Gasteiger partial charge in [0, 0.05) is 6.54 Å². The van der Waals surface area contributed by atoms with Gasteiger partial charge in [-0.15, -0.1) is 6.58 Å². The van der Waals surface area contributed by atoms with Crippen LogP contribution in [0.3, 0.4) is 0 Å². The fraction of sp³-hybridized carbons (Fsp3) is 0.778. The van der Waals surface area contributed by atoms with E-state index >= 15 is 0 Å². The predicted octanol–water partition coefficient (Wildman–Crippen LogP) is 0.142. The van der Waals surface area contributed by atoms with Crippen LogP contribution in [-0.2, 0) is 9.59 Å². The quantitative estimate of drug-likeness (QED) is 0.357. The Morgan fingerprint density at radius 3 is 2.20 bits per heavy atom. The fourth-order valence-corrected chi connectivity index (χ4v) is 2.26. The van der Waals surface area contributed by atoms with E-state index in [1.54, 1.807) is 6.08 Å². The largest absolute Gasteiger partial charge is 0.389 e. The molecule has 0 saturated heterocycles. The summed E-state index contributed by atoms with van der Waals surface area (Å²) in [5.74, 6) is -0.739. The Kier molecular flexibility index (Phi) is 9.92. The summed E-state index contributed by atoms with van der Waals surface area (Å²) in [7, 11) is 0. The molecule has 0 unspecified atom stereocenters. The standard InChI is InChI=1S/C18H36N4O3/c1-8-12(20-9-2)13(23)10-21-17(25)15(18(5,6)7)22-16(24)14(19)11(3)4/h8,11-15,20,23H,1,9-10,19H2,2-7H3,(H,21,25)(H,22,24)/t12-,13+,14-,15-/m1/s1. The van der Waals surface area contributed by atoms with Gasteiger partial charge in [-0.25, -0.2) is 0 Å². The number of nitrogens with one attached hydrogen (secondary N) is 3. The first-order valence-corrected chi connectivity index (χ1v) is 8.83. The molecule has 0 heterocycles. The van der Waals surface area contributed by atoms with Gasteiger partial charge in [-0.3, -0.25) is 9.59 Å². The van der Waals surface area contributed by atoms with Crippen LogP contribution >= 0.6 is 0 Å². The molecule has 6 N–H and O–H groups in total. The number of rotatable bonds is 10. The highest BCUT2D eigenvalue weighted by Crippen LogP contribution is 2.20. The van der Waals surface area contributed by atoms with Crippen molar-refractivity contribution < 1.29 is 14.7 Å². The lowest BCUT2D eigenvalue weighted by Crippen LogP contribution is -2.58. The second kappa shape index (κ2) is 10.5. The Bertz CT molecular complexity index is 446. The summed E-state index contributed by atoms with van der Waals surface area (Å²) in [6.45, 7) is 15.6. The number of amides is 2.